The molecule has 5 heteroatoms. The van der Waals surface area contributed by atoms with Gasteiger partial charge >= 0.3 is 0 Å². The van der Waals surface area contributed by atoms with Gasteiger partial charge in [0.05, 0.1) is 11.1 Å². The van der Waals surface area contributed by atoms with Crippen LogP contribution in [0.4, 0.5) is 0 Å². The Balaban J connectivity index is 2.45. The Bertz CT molecular complexity index is 348. The van der Waals surface area contributed by atoms with E-state index in [-0.39, 0.29) is 17.6 Å². The molecule has 1 heterocycles. The molecule has 0 aromatic carbocycles. The number of likely N-dealkylation sites (tertiary alicyclic amines) is 1. The van der Waals surface area contributed by atoms with Gasteiger partial charge in [-0.25, -0.2) is 0 Å². The number of piperidine rings is 1. The van der Waals surface area contributed by atoms with Crippen molar-refractivity contribution in [3.8, 4) is 0 Å². The predicted octanol–water partition coefficient (Wildman–Crippen LogP) is 1.51. The number of nitrogens with one attached hydrogen (secondary N) is 1. The van der Waals surface area contributed by atoms with Crippen molar-refractivity contribution in [3.63, 3.8) is 0 Å². The van der Waals surface area contributed by atoms with Gasteiger partial charge in [0.2, 0.25) is 5.91 Å². The zero-order chi connectivity index (χ0) is 16.1. The minimum absolute atomic E-state index is 0.0264. The average molecular weight is 299 g/mol. The lowest BCUT2D eigenvalue weighted by molar-refractivity contribution is -0.124. The molecule has 2 unspecified atom stereocenters. The lowest BCUT2D eigenvalue weighted by atomic mass is 9.92. The molecule has 124 valence electrons. The first-order valence-electron chi connectivity index (χ1n) is 8.06. The molecule has 0 aromatic rings. The quantitative estimate of drug-likeness (QED) is 0.713. The number of carbonyl (C=O) groups is 1. The van der Waals surface area contributed by atoms with Gasteiger partial charge in [0.15, 0.2) is 0 Å². The Morgan fingerprint density at radius 3 is 2.71 bits per heavy atom. The molecule has 0 bridgehead atoms. The summed E-state index contributed by atoms with van der Waals surface area (Å²) in [6.07, 6.45) is 4.01. The SMILES string of the molecule is COC1(C)CCCN(CCCC(C)(NC(C)C)C(N)=O)C1. The molecule has 1 aliphatic rings. The average Bonchev–Trinajstić information content (AvgIpc) is 2.38. The summed E-state index contributed by atoms with van der Waals surface area (Å²) in [6.45, 7) is 11.2. The summed E-state index contributed by atoms with van der Waals surface area (Å²) in [6, 6.07) is 0.245. The Kier molecular flexibility index (Phi) is 6.63. The molecule has 5 nitrogen and oxygen atoms in total. The van der Waals surface area contributed by atoms with Crippen molar-refractivity contribution in [1.29, 1.82) is 0 Å². The predicted molar refractivity (Wildman–Crippen MR) is 86.2 cm³/mol. The van der Waals surface area contributed by atoms with Crippen LogP contribution in [-0.2, 0) is 9.53 Å². The van der Waals surface area contributed by atoms with Gasteiger partial charge in [-0.3, -0.25) is 4.79 Å². The molecule has 0 aromatic heterocycles. The van der Waals surface area contributed by atoms with Gasteiger partial charge in [-0.2, -0.15) is 0 Å². The molecule has 0 radical (unpaired) electrons. The second kappa shape index (κ2) is 7.56. The smallest absolute Gasteiger partial charge is 0.237 e. The van der Waals surface area contributed by atoms with Crippen LogP contribution in [0, 0.1) is 0 Å². The topological polar surface area (TPSA) is 67.6 Å². The fraction of sp³-hybridized carbons (Fsp3) is 0.938. The summed E-state index contributed by atoms with van der Waals surface area (Å²) in [5.74, 6) is -0.267. The maximum absolute atomic E-state index is 11.7. The van der Waals surface area contributed by atoms with Crippen molar-refractivity contribution in [2.75, 3.05) is 26.7 Å². The highest BCUT2D eigenvalue weighted by Crippen LogP contribution is 2.24. The highest BCUT2D eigenvalue weighted by molar-refractivity contribution is 5.84. The van der Waals surface area contributed by atoms with Crippen LogP contribution in [0.5, 0.6) is 0 Å². The highest BCUT2D eigenvalue weighted by Gasteiger charge is 2.33. The molecule has 0 saturated carbocycles. The van der Waals surface area contributed by atoms with E-state index in [1.54, 1.807) is 7.11 Å². The molecule has 3 N–H and O–H groups in total. The Hall–Kier alpha value is -0.650. The van der Waals surface area contributed by atoms with Crippen molar-refractivity contribution in [2.24, 2.45) is 5.73 Å². The maximum Gasteiger partial charge on any atom is 0.237 e. The van der Waals surface area contributed by atoms with Gasteiger partial charge < -0.3 is 20.7 Å². The first-order chi connectivity index (χ1) is 9.71. The van der Waals surface area contributed by atoms with Crippen molar-refractivity contribution < 1.29 is 9.53 Å². The number of rotatable bonds is 8. The van der Waals surface area contributed by atoms with E-state index in [1.807, 2.05) is 20.8 Å². The standard InChI is InChI=1S/C16H33N3O2/c1-13(2)18-16(4,14(17)20)9-7-11-19-10-6-8-15(3,12-19)21-5/h13,18H,6-12H2,1-5H3,(H2,17,20). The second-order valence-electron chi connectivity index (χ2n) is 7.13. The van der Waals surface area contributed by atoms with Gasteiger partial charge in [0, 0.05) is 19.7 Å². The summed E-state index contributed by atoms with van der Waals surface area (Å²) in [5.41, 5.74) is 4.93. The number of ether oxygens (including phenoxy) is 1. The van der Waals surface area contributed by atoms with E-state index in [0.29, 0.717) is 0 Å². The van der Waals surface area contributed by atoms with E-state index in [9.17, 15) is 4.79 Å². The van der Waals surface area contributed by atoms with Crippen LogP contribution in [0.3, 0.4) is 0 Å². The lowest BCUT2D eigenvalue weighted by Gasteiger charge is -2.40. The molecule has 2 atom stereocenters. The van der Waals surface area contributed by atoms with Crippen LogP contribution >= 0.6 is 0 Å². The van der Waals surface area contributed by atoms with E-state index in [2.05, 4.69) is 17.1 Å². The molecule has 0 aliphatic carbocycles. The summed E-state index contributed by atoms with van der Waals surface area (Å²) >= 11 is 0. The number of amides is 1. The number of hydrogen-bond donors (Lipinski definition) is 2. The third-order valence-electron chi connectivity index (χ3n) is 4.53. The summed E-state index contributed by atoms with van der Waals surface area (Å²) in [7, 11) is 1.79. The monoisotopic (exact) mass is 299 g/mol. The first-order valence-corrected chi connectivity index (χ1v) is 8.06. The van der Waals surface area contributed by atoms with Crippen LogP contribution in [0.1, 0.15) is 53.4 Å². The molecular formula is C16H33N3O2. The van der Waals surface area contributed by atoms with Gasteiger partial charge in [-0.15, -0.1) is 0 Å². The maximum atomic E-state index is 11.7. The number of methoxy groups -OCH3 is 1. The molecule has 1 aliphatic heterocycles. The normalized spacial score (nSPS) is 26.8. The van der Waals surface area contributed by atoms with Crippen LogP contribution in [0.15, 0.2) is 0 Å². The van der Waals surface area contributed by atoms with Crippen molar-refractivity contribution in [3.05, 3.63) is 0 Å². The molecule has 1 rings (SSSR count). The molecule has 0 spiro atoms. The number of hydrogen-bond acceptors (Lipinski definition) is 4. The zero-order valence-corrected chi connectivity index (χ0v) is 14.4. The second-order valence-corrected chi connectivity index (χ2v) is 7.13. The van der Waals surface area contributed by atoms with E-state index < -0.39 is 5.54 Å². The van der Waals surface area contributed by atoms with E-state index in [4.69, 9.17) is 10.5 Å². The minimum atomic E-state index is -0.617. The summed E-state index contributed by atoms with van der Waals surface area (Å²) in [5, 5.41) is 3.30. The molecule has 1 fully saturated rings. The molecule has 1 saturated heterocycles. The third kappa shape index (κ3) is 5.57. The molecule has 21 heavy (non-hydrogen) atoms. The fourth-order valence-corrected chi connectivity index (χ4v) is 3.23. The Morgan fingerprint density at radius 1 is 1.52 bits per heavy atom. The summed E-state index contributed by atoms with van der Waals surface area (Å²) in [4.78, 5) is 14.1. The fourth-order valence-electron chi connectivity index (χ4n) is 3.23. The Morgan fingerprint density at radius 2 is 2.19 bits per heavy atom. The minimum Gasteiger partial charge on any atom is -0.377 e. The number of nitrogens with zero attached hydrogens (tertiary/aromatic N) is 1. The van der Waals surface area contributed by atoms with Crippen molar-refractivity contribution in [2.45, 2.75) is 70.6 Å². The zero-order valence-electron chi connectivity index (χ0n) is 14.4. The number of nitrogens with two attached hydrogens (primary N) is 1. The van der Waals surface area contributed by atoms with Gasteiger partial charge in [-0.1, -0.05) is 0 Å². The van der Waals surface area contributed by atoms with E-state index in [1.165, 1.54) is 6.42 Å². The largest absolute Gasteiger partial charge is 0.377 e. The van der Waals surface area contributed by atoms with Gasteiger partial charge in [-0.05, 0) is 66.5 Å². The Labute approximate surface area is 129 Å². The van der Waals surface area contributed by atoms with Crippen molar-refractivity contribution in [1.82, 2.24) is 10.2 Å². The van der Waals surface area contributed by atoms with Gasteiger partial charge in [0.25, 0.3) is 0 Å². The number of carbonyl (C=O) groups excluding carboxylic acids is 1. The van der Waals surface area contributed by atoms with E-state index >= 15 is 0 Å². The van der Waals surface area contributed by atoms with Crippen LogP contribution in [0.25, 0.3) is 0 Å². The molecule has 1 amide bonds. The van der Waals surface area contributed by atoms with Crippen LogP contribution < -0.4 is 11.1 Å². The summed E-state index contributed by atoms with van der Waals surface area (Å²) < 4.78 is 5.62. The van der Waals surface area contributed by atoms with Crippen molar-refractivity contribution >= 4 is 5.91 Å². The van der Waals surface area contributed by atoms with Crippen LogP contribution in [-0.4, -0.2) is 54.7 Å². The highest BCUT2D eigenvalue weighted by atomic mass is 16.5. The van der Waals surface area contributed by atoms with Gasteiger partial charge in [0.1, 0.15) is 0 Å². The van der Waals surface area contributed by atoms with E-state index in [0.717, 1.165) is 38.9 Å². The molecular weight excluding hydrogens is 266 g/mol. The number of primary amides is 1. The first kappa shape index (κ1) is 18.4. The lowest BCUT2D eigenvalue weighted by Crippen LogP contribution is -2.56. The van der Waals surface area contributed by atoms with Crippen LogP contribution in [0.2, 0.25) is 0 Å². The third-order valence-corrected chi connectivity index (χ3v) is 4.53.